The topological polar surface area (TPSA) is 75.2 Å². The van der Waals surface area contributed by atoms with Crippen LogP contribution in [-0.4, -0.2) is 57.4 Å². The Morgan fingerprint density at radius 1 is 1.35 bits per heavy atom. The largest absolute Gasteiger partial charge is 0.453 e. The number of carbonyl (C=O) groups excluding carboxylic acids is 1. The number of amides is 1. The predicted octanol–water partition coefficient (Wildman–Crippen LogP) is 1.87. The second-order valence-electron chi connectivity index (χ2n) is 6.16. The van der Waals surface area contributed by atoms with Crippen LogP contribution in [0.15, 0.2) is 23.2 Å². The highest BCUT2D eigenvalue weighted by atomic mass is 19.1. The van der Waals surface area contributed by atoms with Crippen LogP contribution in [-0.2, 0) is 22.6 Å². The third kappa shape index (κ3) is 5.59. The maximum absolute atomic E-state index is 13.7. The number of benzene rings is 1. The molecule has 0 atom stereocenters. The van der Waals surface area contributed by atoms with Crippen molar-refractivity contribution in [3.8, 4) is 0 Å². The van der Waals surface area contributed by atoms with E-state index in [0.717, 1.165) is 18.4 Å². The van der Waals surface area contributed by atoms with Gasteiger partial charge in [0.05, 0.1) is 13.7 Å². The van der Waals surface area contributed by atoms with Gasteiger partial charge in [-0.3, -0.25) is 4.99 Å². The van der Waals surface area contributed by atoms with Crippen molar-refractivity contribution in [1.29, 1.82) is 0 Å². The molecular formula is C18H27FN4O3. The minimum absolute atomic E-state index is 0.236. The number of guanidine groups is 1. The molecule has 8 heteroatoms. The second-order valence-corrected chi connectivity index (χ2v) is 6.16. The summed E-state index contributed by atoms with van der Waals surface area (Å²) in [6, 6.07) is 5.21. The van der Waals surface area contributed by atoms with E-state index in [2.05, 4.69) is 15.6 Å². The highest BCUT2D eigenvalue weighted by Gasteiger charge is 2.23. The van der Waals surface area contributed by atoms with Gasteiger partial charge in [0, 0.05) is 45.4 Å². The summed E-state index contributed by atoms with van der Waals surface area (Å²) < 4.78 is 23.4. The minimum Gasteiger partial charge on any atom is -0.453 e. The molecule has 1 aromatic carbocycles. The van der Waals surface area contributed by atoms with Crippen LogP contribution in [0.4, 0.5) is 9.18 Å². The van der Waals surface area contributed by atoms with Gasteiger partial charge >= 0.3 is 6.09 Å². The van der Waals surface area contributed by atoms with Gasteiger partial charge in [-0.1, -0.05) is 6.07 Å². The van der Waals surface area contributed by atoms with Crippen LogP contribution >= 0.6 is 0 Å². The van der Waals surface area contributed by atoms with E-state index in [9.17, 15) is 9.18 Å². The average Bonchev–Trinajstić information content (AvgIpc) is 2.67. The molecule has 0 saturated carbocycles. The summed E-state index contributed by atoms with van der Waals surface area (Å²) in [7, 11) is 4.65. The Labute approximate surface area is 153 Å². The van der Waals surface area contributed by atoms with E-state index in [1.807, 2.05) is 0 Å². The molecule has 0 aromatic heterocycles. The number of halogens is 1. The van der Waals surface area contributed by atoms with Crippen LogP contribution in [0.3, 0.4) is 0 Å². The number of aliphatic imine (C=N–C) groups is 1. The average molecular weight is 366 g/mol. The molecule has 0 bridgehead atoms. The zero-order chi connectivity index (χ0) is 18.9. The number of carbonyl (C=O) groups is 1. The van der Waals surface area contributed by atoms with Gasteiger partial charge < -0.3 is 25.0 Å². The zero-order valence-electron chi connectivity index (χ0n) is 15.5. The van der Waals surface area contributed by atoms with E-state index < -0.39 is 0 Å². The Hall–Kier alpha value is -2.35. The summed E-state index contributed by atoms with van der Waals surface area (Å²) in [6.45, 7) is 2.07. The van der Waals surface area contributed by atoms with Crippen LogP contribution in [0, 0.1) is 5.82 Å². The van der Waals surface area contributed by atoms with E-state index in [1.165, 1.54) is 13.2 Å². The minimum atomic E-state index is -0.283. The summed E-state index contributed by atoms with van der Waals surface area (Å²) in [5.41, 5.74) is 1.48. The van der Waals surface area contributed by atoms with Crippen molar-refractivity contribution in [2.45, 2.75) is 32.0 Å². The standard InChI is InChI=1S/C18H27FN4O3/c1-20-17(22-15-6-8-23(9-7-15)18(24)26-3)21-11-13-4-5-16(19)14(10-13)12-25-2/h4-5,10,15H,6-9,11-12H2,1-3H3,(H2,20,21,22). The lowest BCUT2D eigenvalue weighted by atomic mass is 10.1. The van der Waals surface area contributed by atoms with E-state index in [4.69, 9.17) is 9.47 Å². The molecular weight excluding hydrogens is 339 g/mol. The highest BCUT2D eigenvalue weighted by Crippen LogP contribution is 2.13. The van der Waals surface area contributed by atoms with Gasteiger partial charge in [0.25, 0.3) is 0 Å². The molecule has 26 heavy (non-hydrogen) atoms. The monoisotopic (exact) mass is 366 g/mol. The Morgan fingerprint density at radius 2 is 2.08 bits per heavy atom. The van der Waals surface area contributed by atoms with Gasteiger partial charge in [0.15, 0.2) is 5.96 Å². The van der Waals surface area contributed by atoms with Gasteiger partial charge in [-0.2, -0.15) is 0 Å². The lowest BCUT2D eigenvalue weighted by Crippen LogP contribution is -2.49. The van der Waals surface area contributed by atoms with Crippen molar-refractivity contribution in [2.75, 3.05) is 34.4 Å². The second kappa shape index (κ2) is 9.96. The Bertz CT molecular complexity index is 631. The van der Waals surface area contributed by atoms with Crippen LogP contribution in [0.1, 0.15) is 24.0 Å². The number of nitrogens with zero attached hydrogens (tertiary/aromatic N) is 2. The fourth-order valence-electron chi connectivity index (χ4n) is 2.91. The Kier molecular flexibility index (Phi) is 7.65. The van der Waals surface area contributed by atoms with Crippen molar-refractivity contribution in [3.63, 3.8) is 0 Å². The molecule has 2 N–H and O–H groups in total. The molecule has 1 saturated heterocycles. The Balaban J connectivity index is 1.83. The van der Waals surface area contributed by atoms with E-state index in [1.54, 1.807) is 31.2 Å². The number of methoxy groups -OCH3 is 2. The quantitative estimate of drug-likeness (QED) is 0.615. The van der Waals surface area contributed by atoms with Crippen molar-refractivity contribution < 1.29 is 18.7 Å². The van der Waals surface area contributed by atoms with E-state index in [0.29, 0.717) is 31.2 Å². The summed E-state index contributed by atoms with van der Waals surface area (Å²) in [6.07, 6.45) is 1.36. The first-order valence-electron chi connectivity index (χ1n) is 8.63. The number of nitrogens with one attached hydrogen (secondary N) is 2. The smallest absolute Gasteiger partial charge is 0.409 e. The molecule has 1 aliphatic rings. The predicted molar refractivity (Wildman–Crippen MR) is 97.4 cm³/mol. The Morgan fingerprint density at radius 3 is 2.69 bits per heavy atom. The van der Waals surface area contributed by atoms with Crippen LogP contribution in [0.2, 0.25) is 0 Å². The zero-order valence-corrected chi connectivity index (χ0v) is 15.5. The van der Waals surface area contributed by atoms with Crippen molar-refractivity contribution >= 4 is 12.1 Å². The first kappa shape index (κ1) is 20.0. The van der Waals surface area contributed by atoms with Crippen molar-refractivity contribution in [1.82, 2.24) is 15.5 Å². The summed E-state index contributed by atoms with van der Waals surface area (Å²) in [5.74, 6) is 0.412. The molecule has 0 spiro atoms. The lowest BCUT2D eigenvalue weighted by Gasteiger charge is -2.32. The van der Waals surface area contributed by atoms with Gasteiger partial charge in [-0.05, 0) is 30.5 Å². The molecule has 1 aromatic rings. The molecule has 0 unspecified atom stereocenters. The third-order valence-corrected chi connectivity index (χ3v) is 4.36. The third-order valence-electron chi connectivity index (χ3n) is 4.36. The summed E-state index contributed by atoms with van der Waals surface area (Å²) in [5, 5.41) is 6.60. The SMILES string of the molecule is CN=C(NCc1ccc(F)c(COC)c1)NC1CCN(C(=O)OC)CC1. The van der Waals surface area contributed by atoms with Gasteiger partial charge in [0.1, 0.15) is 5.82 Å². The maximum atomic E-state index is 13.7. The summed E-state index contributed by atoms with van der Waals surface area (Å²) in [4.78, 5) is 17.5. The maximum Gasteiger partial charge on any atom is 0.409 e. The molecule has 1 amide bonds. The van der Waals surface area contributed by atoms with Crippen molar-refractivity contribution in [2.24, 2.45) is 4.99 Å². The molecule has 2 rings (SSSR count). The molecule has 144 valence electrons. The first-order chi connectivity index (χ1) is 12.6. The van der Waals surface area contributed by atoms with Crippen LogP contribution in [0.5, 0.6) is 0 Å². The molecule has 0 aliphatic carbocycles. The molecule has 1 heterocycles. The number of piperidine rings is 1. The molecule has 7 nitrogen and oxygen atoms in total. The number of hydrogen-bond acceptors (Lipinski definition) is 4. The van der Waals surface area contributed by atoms with Gasteiger partial charge in [-0.25, -0.2) is 9.18 Å². The number of rotatable bonds is 5. The van der Waals surface area contributed by atoms with Crippen LogP contribution in [0.25, 0.3) is 0 Å². The summed E-state index contributed by atoms with van der Waals surface area (Å²) >= 11 is 0. The number of hydrogen-bond donors (Lipinski definition) is 2. The number of ether oxygens (including phenoxy) is 2. The lowest BCUT2D eigenvalue weighted by molar-refractivity contribution is 0.111. The molecule has 0 radical (unpaired) electrons. The van der Waals surface area contributed by atoms with E-state index in [-0.39, 0.29) is 24.6 Å². The molecule has 1 aliphatic heterocycles. The van der Waals surface area contributed by atoms with Crippen LogP contribution < -0.4 is 10.6 Å². The number of likely N-dealkylation sites (tertiary alicyclic amines) is 1. The highest BCUT2D eigenvalue weighted by molar-refractivity contribution is 5.80. The normalized spacial score (nSPS) is 15.7. The van der Waals surface area contributed by atoms with Crippen molar-refractivity contribution in [3.05, 3.63) is 35.1 Å². The fourth-order valence-corrected chi connectivity index (χ4v) is 2.91. The van der Waals surface area contributed by atoms with Gasteiger partial charge in [0.2, 0.25) is 0 Å². The van der Waals surface area contributed by atoms with E-state index >= 15 is 0 Å². The van der Waals surface area contributed by atoms with Gasteiger partial charge in [-0.15, -0.1) is 0 Å². The fraction of sp³-hybridized carbons (Fsp3) is 0.556. The first-order valence-corrected chi connectivity index (χ1v) is 8.63. The molecule has 1 fully saturated rings.